The maximum Gasteiger partial charge on any atom is 0.240 e. The van der Waals surface area contributed by atoms with Gasteiger partial charge in [0.2, 0.25) is 5.89 Å². The summed E-state index contributed by atoms with van der Waals surface area (Å²) in [6.07, 6.45) is 2.51. The number of nitrogens with zero attached hydrogens (tertiary/aromatic N) is 3. The van der Waals surface area contributed by atoms with Crippen molar-refractivity contribution >= 4 is 0 Å². The summed E-state index contributed by atoms with van der Waals surface area (Å²) in [5.74, 6) is 2.28. The van der Waals surface area contributed by atoms with E-state index >= 15 is 0 Å². The molecular weight excluding hydrogens is 254 g/mol. The van der Waals surface area contributed by atoms with E-state index in [1.54, 1.807) is 7.11 Å². The summed E-state index contributed by atoms with van der Waals surface area (Å²) in [4.78, 5) is 6.69. The number of ether oxygens (including phenoxy) is 1. The summed E-state index contributed by atoms with van der Waals surface area (Å²) in [6.45, 7) is 3.46. The van der Waals surface area contributed by atoms with Gasteiger partial charge in [-0.2, -0.15) is 4.98 Å². The minimum atomic E-state index is 0.643. The maximum atomic E-state index is 5.22. The van der Waals surface area contributed by atoms with Crippen LogP contribution in [-0.2, 0) is 13.1 Å². The van der Waals surface area contributed by atoms with Crippen LogP contribution in [0.3, 0.4) is 0 Å². The molecule has 5 heteroatoms. The number of rotatable bonds is 6. The second-order valence-electron chi connectivity index (χ2n) is 5.22. The molecule has 1 aromatic heterocycles. The van der Waals surface area contributed by atoms with Crippen LogP contribution in [-0.4, -0.2) is 28.2 Å². The van der Waals surface area contributed by atoms with Crippen LogP contribution in [0.5, 0.6) is 5.75 Å². The Morgan fingerprint density at radius 3 is 2.55 bits per heavy atom. The van der Waals surface area contributed by atoms with Crippen LogP contribution < -0.4 is 4.74 Å². The first-order valence-electron chi connectivity index (χ1n) is 6.91. The van der Waals surface area contributed by atoms with Gasteiger partial charge in [-0.15, -0.1) is 0 Å². The van der Waals surface area contributed by atoms with E-state index in [4.69, 9.17) is 9.26 Å². The van der Waals surface area contributed by atoms with E-state index in [0.717, 1.165) is 18.8 Å². The fraction of sp³-hybridized carbons (Fsp3) is 0.467. The van der Waals surface area contributed by atoms with Crippen molar-refractivity contribution in [3.05, 3.63) is 41.5 Å². The van der Waals surface area contributed by atoms with Crippen molar-refractivity contribution in [2.24, 2.45) is 0 Å². The van der Waals surface area contributed by atoms with E-state index in [1.807, 2.05) is 19.1 Å². The van der Waals surface area contributed by atoms with Gasteiger partial charge in [0.05, 0.1) is 13.7 Å². The molecule has 0 saturated heterocycles. The lowest BCUT2D eigenvalue weighted by atomic mass is 10.2. The number of benzene rings is 1. The van der Waals surface area contributed by atoms with Gasteiger partial charge in [-0.25, -0.2) is 0 Å². The lowest BCUT2D eigenvalue weighted by Gasteiger charge is -2.20. The van der Waals surface area contributed by atoms with Crippen molar-refractivity contribution in [1.82, 2.24) is 15.0 Å². The minimum Gasteiger partial charge on any atom is -0.497 e. The van der Waals surface area contributed by atoms with Crippen molar-refractivity contribution in [3.8, 4) is 5.75 Å². The zero-order valence-corrected chi connectivity index (χ0v) is 11.9. The second kappa shape index (κ2) is 5.63. The van der Waals surface area contributed by atoms with Gasteiger partial charge in [-0.1, -0.05) is 17.3 Å². The normalized spacial score (nSPS) is 14.8. The number of hydrogen-bond acceptors (Lipinski definition) is 5. The molecule has 1 fully saturated rings. The highest BCUT2D eigenvalue weighted by atomic mass is 16.5. The van der Waals surface area contributed by atoms with Crippen LogP contribution in [0.2, 0.25) is 0 Å². The number of hydrogen-bond donors (Lipinski definition) is 0. The molecule has 0 spiro atoms. The van der Waals surface area contributed by atoms with Crippen LogP contribution in [0.1, 0.15) is 30.1 Å². The van der Waals surface area contributed by atoms with E-state index in [1.165, 1.54) is 18.4 Å². The molecule has 1 aromatic carbocycles. The van der Waals surface area contributed by atoms with Crippen LogP contribution in [0.15, 0.2) is 28.8 Å². The topological polar surface area (TPSA) is 51.4 Å². The number of methoxy groups -OCH3 is 1. The third kappa shape index (κ3) is 3.17. The molecular formula is C15H19N3O2. The highest BCUT2D eigenvalue weighted by Gasteiger charge is 2.30. The van der Waals surface area contributed by atoms with Crippen molar-refractivity contribution in [2.45, 2.75) is 38.9 Å². The Morgan fingerprint density at radius 2 is 2.00 bits per heavy atom. The second-order valence-corrected chi connectivity index (χ2v) is 5.22. The number of aryl methyl sites for hydroxylation is 1. The number of aromatic nitrogens is 2. The van der Waals surface area contributed by atoms with E-state index in [2.05, 4.69) is 27.2 Å². The molecule has 1 aliphatic carbocycles. The zero-order valence-electron chi connectivity index (χ0n) is 11.9. The molecule has 1 aliphatic rings. The molecule has 0 aliphatic heterocycles. The fourth-order valence-electron chi connectivity index (χ4n) is 2.30. The van der Waals surface area contributed by atoms with E-state index in [-0.39, 0.29) is 0 Å². The minimum absolute atomic E-state index is 0.643. The van der Waals surface area contributed by atoms with Gasteiger partial charge < -0.3 is 9.26 Å². The highest BCUT2D eigenvalue weighted by molar-refractivity contribution is 5.27. The van der Waals surface area contributed by atoms with Crippen molar-refractivity contribution in [3.63, 3.8) is 0 Å². The van der Waals surface area contributed by atoms with E-state index in [9.17, 15) is 0 Å². The maximum absolute atomic E-state index is 5.22. The molecule has 1 saturated carbocycles. The summed E-state index contributed by atoms with van der Waals surface area (Å²) in [5.41, 5.74) is 1.27. The van der Waals surface area contributed by atoms with Gasteiger partial charge in [0.1, 0.15) is 5.75 Å². The molecule has 2 aromatic rings. The monoisotopic (exact) mass is 273 g/mol. The average Bonchev–Trinajstić information content (AvgIpc) is 3.23. The standard InChI is InChI=1S/C15H19N3O2/c1-11-16-15(20-17-11)10-18(13-5-6-13)9-12-3-7-14(19-2)8-4-12/h3-4,7-8,13H,5-6,9-10H2,1-2H3. The van der Waals surface area contributed by atoms with Gasteiger partial charge in [0, 0.05) is 12.6 Å². The Labute approximate surface area is 118 Å². The molecule has 20 heavy (non-hydrogen) atoms. The molecule has 0 radical (unpaired) electrons. The molecule has 0 bridgehead atoms. The van der Waals surface area contributed by atoms with Crippen LogP contribution in [0.25, 0.3) is 0 Å². The Bertz CT molecular complexity index is 561. The van der Waals surface area contributed by atoms with Gasteiger partial charge >= 0.3 is 0 Å². The summed E-state index contributed by atoms with van der Waals surface area (Å²) in [5, 5.41) is 3.85. The largest absolute Gasteiger partial charge is 0.497 e. The van der Waals surface area contributed by atoms with Crippen molar-refractivity contribution in [1.29, 1.82) is 0 Å². The predicted octanol–water partition coefficient (Wildman–Crippen LogP) is 2.55. The van der Waals surface area contributed by atoms with Crippen LogP contribution in [0.4, 0.5) is 0 Å². The van der Waals surface area contributed by atoms with Crippen LogP contribution in [0, 0.1) is 6.92 Å². The lowest BCUT2D eigenvalue weighted by Crippen LogP contribution is -2.25. The van der Waals surface area contributed by atoms with Crippen LogP contribution >= 0.6 is 0 Å². The van der Waals surface area contributed by atoms with Gasteiger partial charge in [0.25, 0.3) is 0 Å². The molecule has 106 valence electrons. The Balaban J connectivity index is 1.67. The quantitative estimate of drug-likeness (QED) is 0.809. The molecule has 0 amide bonds. The summed E-state index contributed by atoms with van der Waals surface area (Å²) < 4.78 is 10.4. The summed E-state index contributed by atoms with van der Waals surface area (Å²) in [6, 6.07) is 8.85. The molecule has 0 N–H and O–H groups in total. The summed E-state index contributed by atoms with van der Waals surface area (Å²) >= 11 is 0. The first-order valence-corrected chi connectivity index (χ1v) is 6.91. The SMILES string of the molecule is COc1ccc(CN(Cc2nc(C)no2)C2CC2)cc1. The predicted molar refractivity (Wildman–Crippen MR) is 74.3 cm³/mol. The van der Waals surface area contributed by atoms with Gasteiger partial charge in [0.15, 0.2) is 5.82 Å². The molecule has 5 nitrogen and oxygen atoms in total. The van der Waals surface area contributed by atoms with Crippen molar-refractivity contribution < 1.29 is 9.26 Å². The van der Waals surface area contributed by atoms with Crippen molar-refractivity contribution in [2.75, 3.05) is 7.11 Å². The van der Waals surface area contributed by atoms with Gasteiger partial charge in [-0.05, 0) is 37.5 Å². The lowest BCUT2D eigenvalue weighted by molar-refractivity contribution is 0.209. The van der Waals surface area contributed by atoms with E-state index in [0.29, 0.717) is 17.8 Å². The molecule has 0 atom stereocenters. The molecule has 3 rings (SSSR count). The first-order chi connectivity index (χ1) is 9.74. The Morgan fingerprint density at radius 1 is 1.25 bits per heavy atom. The average molecular weight is 273 g/mol. The smallest absolute Gasteiger partial charge is 0.240 e. The third-order valence-corrected chi connectivity index (χ3v) is 3.52. The Hall–Kier alpha value is -1.88. The van der Waals surface area contributed by atoms with Gasteiger partial charge in [-0.3, -0.25) is 4.90 Å². The Kier molecular flexibility index (Phi) is 3.69. The fourth-order valence-corrected chi connectivity index (χ4v) is 2.30. The van der Waals surface area contributed by atoms with E-state index < -0.39 is 0 Å². The first kappa shape index (κ1) is 13.1. The third-order valence-electron chi connectivity index (χ3n) is 3.52. The molecule has 0 unspecified atom stereocenters. The zero-order chi connectivity index (χ0) is 13.9. The highest BCUT2D eigenvalue weighted by Crippen LogP contribution is 2.29. The molecule has 1 heterocycles. The summed E-state index contributed by atoms with van der Waals surface area (Å²) in [7, 11) is 1.68.